The monoisotopic (exact) mass is 94.1 g/mol. The SMILES string of the molecule is [CH2-]C(C)(C)C.[Na+]. The van der Waals surface area contributed by atoms with Crippen molar-refractivity contribution in [3.8, 4) is 0 Å². The van der Waals surface area contributed by atoms with E-state index in [9.17, 15) is 0 Å². The van der Waals surface area contributed by atoms with Gasteiger partial charge in [0, 0.05) is 0 Å². The Labute approximate surface area is 62.6 Å². The first-order valence-corrected chi connectivity index (χ1v) is 1.85. The molecule has 0 saturated heterocycles. The minimum atomic E-state index is 0. The summed E-state index contributed by atoms with van der Waals surface area (Å²) in [7, 11) is 0. The van der Waals surface area contributed by atoms with Gasteiger partial charge in [0.05, 0.1) is 0 Å². The van der Waals surface area contributed by atoms with Crippen molar-refractivity contribution in [1.29, 1.82) is 0 Å². The van der Waals surface area contributed by atoms with Gasteiger partial charge >= 0.3 is 29.6 Å². The maximum Gasteiger partial charge on any atom is 1.00 e. The van der Waals surface area contributed by atoms with Crippen LogP contribution in [0.15, 0.2) is 0 Å². The first-order chi connectivity index (χ1) is 2.00. The summed E-state index contributed by atoms with van der Waals surface area (Å²) in [5.41, 5.74) is 0.250. The van der Waals surface area contributed by atoms with Crippen LogP contribution in [0.4, 0.5) is 0 Å². The minimum Gasteiger partial charge on any atom is -0.338 e. The summed E-state index contributed by atoms with van der Waals surface area (Å²) in [5, 5.41) is 0. The largest absolute Gasteiger partial charge is 1.00 e. The van der Waals surface area contributed by atoms with E-state index in [-0.39, 0.29) is 35.0 Å². The maximum atomic E-state index is 3.77. The van der Waals surface area contributed by atoms with E-state index in [0.717, 1.165) is 0 Å². The fraction of sp³-hybridized carbons (Fsp3) is 0.800. The van der Waals surface area contributed by atoms with Gasteiger partial charge in [0.15, 0.2) is 0 Å². The normalized spacial score (nSPS) is 10.0. The number of rotatable bonds is 0. The third-order valence-electron chi connectivity index (χ3n) is 0. The Morgan fingerprint density at radius 3 is 1.17 bits per heavy atom. The molecule has 32 valence electrons. The van der Waals surface area contributed by atoms with E-state index < -0.39 is 0 Å². The molecule has 0 radical (unpaired) electrons. The molecule has 0 nitrogen and oxygen atoms in total. The average molecular weight is 94.1 g/mol. The van der Waals surface area contributed by atoms with E-state index in [4.69, 9.17) is 0 Å². The molecule has 0 aliphatic carbocycles. The standard InChI is InChI=1S/C5H11.Na/c1-5(2,3)4;/h1H2,2-4H3;/q-1;+1. The van der Waals surface area contributed by atoms with Crippen molar-refractivity contribution < 1.29 is 29.6 Å². The van der Waals surface area contributed by atoms with Gasteiger partial charge in [-0.05, 0) is 0 Å². The second kappa shape index (κ2) is 3.06. The van der Waals surface area contributed by atoms with E-state index in [1.807, 2.05) is 0 Å². The van der Waals surface area contributed by atoms with Gasteiger partial charge in [-0.15, -0.1) is 0 Å². The van der Waals surface area contributed by atoms with Crippen molar-refractivity contribution in [3.63, 3.8) is 0 Å². The molecule has 0 aromatic carbocycles. The van der Waals surface area contributed by atoms with Crippen LogP contribution in [0.1, 0.15) is 20.8 Å². The van der Waals surface area contributed by atoms with Crippen molar-refractivity contribution in [2.45, 2.75) is 20.8 Å². The predicted molar refractivity (Wildman–Crippen MR) is 24.8 cm³/mol. The Kier molecular flexibility index (Phi) is 5.14. The van der Waals surface area contributed by atoms with E-state index in [1.54, 1.807) is 0 Å². The Balaban J connectivity index is 0. The number of hydrogen-bond donors (Lipinski definition) is 0. The molecule has 0 aromatic rings. The Hall–Kier alpha value is 1.00. The van der Waals surface area contributed by atoms with Crippen LogP contribution in [0, 0.1) is 12.3 Å². The van der Waals surface area contributed by atoms with Crippen molar-refractivity contribution in [3.05, 3.63) is 6.92 Å². The Morgan fingerprint density at radius 2 is 1.17 bits per heavy atom. The smallest absolute Gasteiger partial charge is 0.338 e. The van der Waals surface area contributed by atoms with Crippen LogP contribution in [0.2, 0.25) is 0 Å². The third kappa shape index (κ3) is 80.0. The van der Waals surface area contributed by atoms with Crippen LogP contribution < -0.4 is 29.6 Å². The molecule has 0 fully saturated rings. The van der Waals surface area contributed by atoms with Crippen LogP contribution in [-0.4, -0.2) is 0 Å². The minimum absolute atomic E-state index is 0. The van der Waals surface area contributed by atoms with Crippen LogP contribution in [0.25, 0.3) is 0 Å². The summed E-state index contributed by atoms with van der Waals surface area (Å²) in [6.07, 6.45) is 0. The molecule has 0 saturated carbocycles. The van der Waals surface area contributed by atoms with Gasteiger partial charge in [0.25, 0.3) is 0 Å². The molecule has 0 atom stereocenters. The first kappa shape index (κ1) is 10.1. The first-order valence-electron chi connectivity index (χ1n) is 1.85. The maximum absolute atomic E-state index is 3.77. The molecule has 0 spiro atoms. The zero-order chi connectivity index (χ0) is 4.50. The van der Waals surface area contributed by atoms with Gasteiger partial charge in [-0.2, -0.15) is 5.41 Å². The van der Waals surface area contributed by atoms with E-state index in [1.165, 1.54) is 0 Å². The third-order valence-corrected chi connectivity index (χ3v) is 0. The van der Waals surface area contributed by atoms with Crippen molar-refractivity contribution in [2.75, 3.05) is 0 Å². The summed E-state index contributed by atoms with van der Waals surface area (Å²) < 4.78 is 0. The predicted octanol–water partition coefficient (Wildman–Crippen LogP) is -1.13. The van der Waals surface area contributed by atoms with Gasteiger partial charge in [-0.3, -0.25) is 0 Å². The molecule has 0 aromatic heterocycles. The number of hydrogen-bond acceptors (Lipinski definition) is 0. The van der Waals surface area contributed by atoms with Crippen molar-refractivity contribution >= 4 is 0 Å². The summed E-state index contributed by atoms with van der Waals surface area (Å²) in [4.78, 5) is 0. The average Bonchev–Trinajstić information content (AvgIpc) is 0.722. The zero-order valence-electron chi connectivity index (χ0n) is 5.21. The molecule has 0 rings (SSSR count). The summed E-state index contributed by atoms with van der Waals surface area (Å²) in [6.45, 7) is 10.0. The molecule has 0 aliphatic rings. The molecule has 0 amide bonds. The van der Waals surface area contributed by atoms with E-state index in [0.29, 0.717) is 0 Å². The van der Waals surface area contributed by atoms with E-state index >= 15 is 0 Å². The van der Waals surface area contributed by atoms with Gasteiger partial charge in [-0.25, -0.2) is 0 Å². The van der Waals surface area contributed by atoms with Gasteiger partial charge in [-0.1, -0.05) is 20.8 Å². The molecule has 0 aliphatic heterocycles. The fourth-order valence-corrected chi connectivity index (χ4v) is 0. The Morgan fingerprint density at radius 1 is 1.17 bits per heavy atom. The quantitative estimate of drug-likeness (QED) is 0.263. The van der Waals surface area contributed by atoms with Gasteiger partial charge < -0.3 is 6.92 Å². The zero-order valence-corrected chi connectivity index (χ0v) is 7.21. The van der Waals surface area contributed by atoms with Crippen molar-refractivity contribution in [1.82, 2.24) is 0 Å². The molecule has 1 heteroatoms. The van der Waals surface area contributed by atoms with Gasteiger partial charge in [0.2, 0.25) is 0 Å². The van der Waals surface area contributed by atoms with E-state index in [2.05, 4.69) is 27.7 Å². The molecule has 0 unspecified atom stereocenters. The van der Waals surface area contributed by atoms with Crippen LogP contribution in [0.5, 0.6) is 0 Å². The van der Waals surface area contributed by atoms with Crippen LogP contribution in [-0.2, 0) is 0 Å². The topological polar surface area (TPSA) is 0 Å². The van der Waals surface area contributed by atoms with Crippen LogP contribution >= 0.6 is 0 Å². The molecular weight excluding hydrogens is 83.0 g/mol. The van der Waals surface area contributed by atoms with Gasteiger partial charge in [0.1, 0.15) is 0 Å². The summed E-state index contributed by atoms with van der Waals surface area (Å²) in [5.74, 6) is 0. The van der Waals surface area contributed by atoms with Crippen molar-refractivity contribution in [2.24, 2.45) is 5.41 Å². The van der Waals surface area contributed by atoms with Crippen LogP contribution in [0.3, 0.4) is 0 Å². The summed E-state index contributed by atoms with van der Waals surface area (Å²) >= 11 is 0. The molecule has 6 heavy (non-hydrogen) atoms. The summed E-state index contributed by atoms with van der Waals surface area (Å²) in [6, 6.07) is 0. The fourth-order valence-electron chi connectivity index (χ4n) is 0. The molecule has 0 bridgehead atoms. The second-order valence-corrected chi connectivity index (χ2v) is 2.56. The Bertz CT molecular complexity index is 19.4. The molecular formula is C5H11Na. The molecule has 0 N–H and O–H groups in total. The second-order valence-electron chi connectivity index (χ2n) is 2.56. The molecule has 0 heterocycles.